The molecule has 6 rings (SSSR count). The van der Waals surface area contributed by atoms with E-state index in [0.717, 1.165) is 17.7 Å². The van der Waals surface area contributed by atoms with Crippen LogP contribution in [0.5, 0.6) is 5.75 Å². The maximum Gasteiger partial charge on any atom is 0.231 e. The number of fused-ring (bicyclic) bond motifs is 2. The summed E-state index contributed by atoms with van der Waals surface area (Å²) in [4.78, 5) is 31.8. The van der Waals surface area contributed by atoms with Crippen LogP contribution in [-0.4, -0.2) is 53.6 Å². The highest BCUT2D eigenvalue weighted by Gasteiger charge is 2.66. The van der Waals surface area contributed by atoms with Crippen molar-refractivity contribution in [2.45, 2.75) is 18.1 Å². The normalized spacial score (nSPS) is 27.4. The number of H-pyrrole nitrogens is 1. The van der Waals surface area contributed by atoms with E-state index in [9.17, 15) is 9.59 Å². The lowest BCUT2D eigenvalue weighted by Crippen LogP contribution is -2.41. The number of anilines is 1. The van der Waals surface area contributed by atoms with E-state index in [1.54, 1.807) is 31.4 Å². The average Bonchev–Trinajstić information content (AvgIpc) is 3.58. The van der Waals surface area contributed by atoms with Crippen LogP contribution in [0.1, 0.15) is 5.56 Å². The lowest BCUT2D eigenvalue weighted by molar-refractivity contribution is -0.135. The van der Waals surface area contributed by atoms with Crippen molar-refractivity contribution >= 4 is 28.4 Å². The van der Waals surface area contributed by atoms with Crippen LogP contribution in [0.3, 0.4) is 0 Å². The molecule has 2 amide bonds. The second kappa shape index (κ2) is 7.49. The highest BCUT2D eigenvalue weighted by molar-refractivity contribution is 5.99. The molecule has 2 N–H and O–H groups in total. The average molecular weight is 444 g/mol. The largest absolute Gasteiger partial charge is 0.497 e. The second-order valence-electron chi connectivity index (χ2n) is 8.99. The fourth-order valence-corrected chi connectivity index (χ4v) is 5.56. The lowest BCUT2D eigenvalue weighted by atomic mass is 9.77. The van der Waals surface area contributed by atoms with Gasteiger partial charge in [-0.2, -0.15) is 0 Å². The first-order valence-corrected chi connectivity index (χ1v) is 11.2. The van der Waals surface area contributed by atoms with Gasteiger partial charge in [-0.25, -0.2) is 0 Å². The molecule has 2 saturated heterocycles. The van der Waals surface area contributed by atoms with Crippen molar-refractivity contribution in [1.29, 1.82) is 0 Å². The molecular formula is C26H25N3O4. The maximum absolute atomic E-state index is 13.5. The molecule has 1 spiro atoms. The van der Waals surface area contributed by atoms with Crippen molar-refractivity contribution in [2.75, 3.05) is 25.5 Å². The van der Waals surface area contributed by atoms with Crippen molar-refractivity contribution in [3.05, 3.63) is 72.4 Å². The molecule has 3 aliphatic heterocycles. The molecule has 4 atom stereocenters. The standard InChI is InChI=1S/C26H25N3O4/c1-32-18-8-6-17(7-9-18)28-24(30)22-21-10-12-26(33-21)15-29(25(31)23(22)26)13-11-16-14-27-20-5-3-2-4-19(16)20/h2-10,12,14,21-23,27H,11,13,15H2,1H3,(H,28,30)/t21-,22+,23+,26+/m1/s1. The maximum atomic E-state index is 13.5. The van der Waals surface area contributed by atoms with Crippen LogP contribution in [0.15, 0.2) is 66.9 Å². The van der Waals surface area contributed by atoms with Gasteiger partial charge < -0.3 is 24.7 Å². The molecule has 4 heterocycles. The predicted octanol–water partition coefficient (Wildman–Crippen LogP) is 3.14. The summed E-state index contributed by atoms with van der Waals surface area (Å²) in [5.74, 6) is -0.504. The summed E-state index contributed by atoms with van der Waals surface area (Å²) in [5.41, 5.74) is 2.24. The van der Waals surface area contributed by atoms with Crippen LogP contribution < -0.4 is 10.1 Å². The van der Waals surface area contributed by atoms with Crippen molar-refractivity contribution in [1.82, 2.24) is 9.88 Å². The van der Waals surface area contributed by atoms with E-state index in [-0.39, 0.29) is 17.9 Å². The van der Waals surface area contributed by atoms with Gasteiger partial charge >= 0.3 is 0 Å². The first kappa shape index (κ1) is 20.1. The number of methoxy groups -OCH3 is 1. The summed E-state index contributed by atoms with van der Waals surface area (Å²) in [6.07, 6.45) is 6.31. The number of nitrogens with one attached hydrogen (secondary N) is 2. The molecule has 2 aromatic carbocycles. The number of carbonyl (C=O) groups excluding carboxylic acids is 2. The second-order valence-corrected chi connectivity index (χ2v) is 8.99. The molecule has 33 heavy (non-hydrogen) atoms. The van der Waals surface area contributed by atoms with E-state index in [2.05, 4.69) is 16.4 Å². The summed E-state index contributed by atoms with van der Waals surface area (Å²) in [6.45, 7) is 1.08. The van der Waals surface area contributed by atoms with E-state index >= 15 is 0 Å². The Morgan fingerprint density at radius 3 is 2.88 bits per heavy atom. The predicted molar refractivity (Wildman–Crippen MR) is 124 cm³/mol. The summed E-state index contributed by atoms with van der Waals surface area (Å²) in [5, 5.41) is 4.13. The SMILES string of the molecule is COc1ccc(NC(=O)[C@@H]2[C@H]3C(=O)N(CCc4c[nH]c5ccccc45)C[C@@]34C=C[C@H]2O4)cc1. The highest BCUT2D eigenvalue weighted by Crippen LogP contribution is 2.52. The number of hydrogen-bond donors (Lipinski definition) is 2. The van der Waals surface area contributed by atoms with Crippen LogP contribution in [0.2, 0.25) is 0 Å². The fourth-order valence-electron chi connectivity index (χ4n) is 5.56. The Morgan fingerprint density at radius 1 is 1.24 bits per heavy atom. The molecule has 3 aliphatic rings. The van der Waals surface area contributed by atoms with Crippen molar-refractivity contribution in [3.8, 4) is 5.75 Å². The van der Waals surface area contributed by atoms with E-state index in [1.807, 2.05) is 41.4 Å². The third-order valence-corrected chi connectivity index (χ3v) is 7.17. The van der Waals surface area contributed by atoms with Crippen LogP contribution in [-0.2, 0) is 20.7 Å². The van der Waals surface area contributed by atoms with Gasteiger partial charge in [0, 0.05) is 29.3 Å². The van der Waals surface area contributed by atoms with Gasteiger partial charge in [0.05, 0.1) is 31.6 Å². The Morgan fingerprint density at radius 2 is 2.06 bits per heavy atom. The Balaban J connectivity index is 1.18. The molecule has 0 unspecified atom stereocenters. The van der Waals surface area contributed by atoms with Crippen LogP contribution >= 0.6 is 0 Å². The molecule has 2 fully saturated rings. The Hall–Kier alpha value is -3.58. The van der Waals surface area contributed by atoms with Crippen LogP contribution in [0, 0.1) is 11.8 Å². The van der Waals surface area contributed by atoms with Crippen molar-refractivity contribution in [3.63, 3.8) is 0 Å². The number of hydrogen-bond acceptors (Lipinski definition) is 4. The first-order chi connectivity index (χ1) is 16.1. The summed E-state index contributed by atoms with van der Waals surface area (Å²) in [7, 11) is 1.60. The summed E-state index contributed by atoms with van der Waals surface area (Å²) in [6, 6.07) is 15.3. The number of carbonyl (C=O) groups is 2. The molecule has 1 aromatic heterocycles. The van der Waals surface area contributed by atoms with Gasteiger partial charge in [0.15, 0.2) is 0 Å². The number of nitrogens with zero attached hydrogens (tertiary/aromatic N) is 1. The van der Waals surface area contributed by atoms with Crippen molar-refractivity contribution in [2.24, 2.45) is 11.8 Å². The van der Waals surface area contributed by atoms with Crippen LogP contribution in [0.25, 0.3) is 10.9 Å². The minimum Gasteiger partial charge on any atom is -0.497 e. The van der Waals surface area contributed by atoms with Gasteiger partial charge in [-0.15, -0.1) is 0 Å². The molecule has 0 saturated carbocycles. The molecule has 0 aliphatic carbocycles. The number of amides is 2. The minimum atomic E-state index is -0.704. The van der Waals surface area contributed by atoms with E-state index < -0.39 is 17.4 Å². The molecule has 7 nitrogen and oxygen atoms in total. The van der Waals surface area contributed by atoms with Crippen molar-refractivity contribution < 1.29 is 19.1 Å². The first-order valence-electron chi connectivity index (χ1n) is 11.2. The Bertz CT molecular complexity index is 1260. The molecule has 0 radical (unpaired) electrons. The molecule has 168 valence electrons. The third-order valence-electron chi connectivity index (χ3n) is 7.17. The number of aromatic amines is 1. The highest BCUT2D eigenvalue weighted by atomic mass is 16.5. The molecular weight excluding hydrogens is 418 g/mol. The van der Waals surface area contributed by atoms with Gasteiger partial charge in [-0.3, -0.25) is 9.59 Å². The van der Waals surface area contributed by atoms with Gasteiger partial charge in [0.1, 0.15) is 11.4 Å². The molecule has 3 aromatic rings. The van der Waals surface area contributed by atoms with Crippen LogP contribution in [0.4, 0.5) is 5.69 Å². The Labute approximate surface area is 191 Å². The quantitative estimate of drug-likeness (QED) is 0.574. The monoisotopic (exact) mass is 443 g/mol. The number of likely N-dealkylation sites (tertiary alicyclic amines) is 1. The molecule has 2 bridgehead atoms. The summed E-state index contributed by atoms with van der Waals surface area (Å²) >= 11 is 0. The topological polar surface area (TPSA) is 83.7 Å². The van der Waals surface area contributed by atoms with Gasteiger partial charge in [0.2, 0.25) is 11.8 Å². The third kappa shape index (κ3) is 3.15. The minimum absolute atomic E-state index is 0.00317. The van der Waals surface area contributed by atoms with Gasteiger partial charge in [-0.1, -0.05) is 30.4 Å². The number of benzene rings is 2. The van der Waals surface area contributed by atoms with Gasteiger partial charge in [-0.05, 0) is 42.3 Å². The number of rotatable bonds is 6. The Kier molecular flexibility index (Phi) is 4.55. The van der Waals surface area contributed by atoms with E-state index in [0.29, 0.717) is 18.8 Å². The lowest BCUT2D eigenvalue weighted by Gasteiger charge is -2.23. The number of para-hydroxylation sites is 1. The van der Waals surface area contributed by atoms with Gasteiger partial charge in [0.25, 0.3) is 0 Å². The van der Waals surface area contributed by atoms with E-state index in [1.165, 1.54) is 10.9 Å². The fraction of sp³-hybridized carbons (Fsp3) is 0.308. The zero-order valence-electron chi connectivity index (χ0n) is 18.3. The molecule has 7 heteroatoms. The van der Waals surface area contributed by atoms with E-state index in [4.69, 9.17) is 9.47 Å². The number of ether oxygens (including phenoxy) is 2. The zero-order chi connectivity index (χ0) is 22.6. The summed E-state index contributed by atoms with van der Waals surface area (Å²) < 4.78 is 11.4. The smallest absolute Gasteiger partial charge is 0.231 e. The zero-order valence-corrected chi connectivity index (χ0v) is 18.3. The number of aromatic nitrogens is 1.